The van der Waals surface area contributed by atoms with Gasteiger partial charge in [0.15, 0.2) is 0 Å². The average molecular weight is 323 g/mol. The van der Waals surface area contributed by atoms with Crippen molar-refractivity contribution in [3.8, 4) is 0 Å². The maximum atomic E-state index is 13.0. The first-order valence-corrected chi connectivity index (χ1v) is 7.75. The largest absolute Gasteiger partial charge is 0.396 e. The molecule has 21 heavy (non-hydrogen) atoms. The molecule has 1 amide bonds. The maximum Gasteiger partial charge on any atom is 0.396 e. The first kappa shape index (κ1) is 17.5. The van der Waals surface area contributed by atoms with E-state index in [4.69, 9.17) is 0 Å². The van der Waals surface area contributed by atoms with Crippen molar-refractivity contribution in [2.24, 2.45) is 0 Å². The smallest absolute Gasteiger partial charge is 0.274 e. The summed E-state index contributed by atoms with van der Waals surface area (Å²) in [6.45, 7) is 2.65. The van der Waals surface area contributed by atoms with Crippen molar-refractivity contribution in [2.45, 2.75) is 37.6 Å². The van der Waals surface area contributed by atoms with Crippen molar-refractivity contribution >= 4 is 15.9 Å². The Morgan fingerprint density at radius 1 is 1.19 bits per heavy atom. The number of nitrogens with one attached hydrogen (secondary N) is 1. The molecule has 0 aromatic heterocycles. The van der Waals surface area contributed by atoms with E-state index in [0.717, 1.165) is 0 Å². The fraction of sp³-hybridized carbons (Fsp3) is 0.462. The van der Waals surface area contributed by atoms with Gasteiger partial charge in [0.1, 0.15) is 0 Å². The van der Waals surface area contributed by atoms with Gasteiger partial charge in [-0.15, -0.1) is 0 Å². The van der Waals surface area contributed by atoms with Gasteiger partial charge in [0.05, 0.1) is 11.2 Å². The highest BCUT2D eigenvalue weighted by Crippen LogP contribution is 2.37. The molecule has 1 aromatic rings. The summed E-state index contributed by atoms with van der Waals surface area (Å²) in [6.07, 6.45) is -5.61. The molecule has 118 valence electrons. The molecule has 0 fully saturated rings. The Balaban J connectivity index is 2.92. The zero-order valence-electron chi connectivity index (χ0n) is 11.5. The average Bonchev–Trinajstić information content (AvgIpc) is 2.35. The highest BCUT2D eigenvalue weighted by atomic mass is 32.2. The third-order valence-electron chi connectivity index (χ3n) is 2.86. The number of halogens is 3. The van der Waals surface area contributed by atoms with Crippen LogP contribution in [0.5, 0.6) is 0 Å². The number of amides is 1. The van der Waals surface area contributed by atoms with Crippen LogP contribution in [-0.2, 0) is 14.8 Å². The number of hydrogen-bond donors (Lipinski definition) is 1. The molecule has 0 saturated heterocycles. The molecule has 0 aliphatic carbocycles. The SMILES string of the molecule is CC(C)S(=O)(=O)NC(=O)CC(c1ccccc1)C(F)(F)F. The highest BCUT2D eigenvalue weighted by Gasteiger charge is 2.42. The molecule has 0 radical (unpaired) electrons. The van der Waals surface area contributed by atoms with Crippen LogP contribution in [0, 0.1) is 0 Å². The molecule has 0 spiro atoms. The molecule has 0 saturated carbocycles. The summed E-state index contributed by atoms with van der Waals surface area (Å²) >= 11 is 0. The predicted octanol–water partition coefficient (Wildman–Crippen LogP) is 2.58. The third kappa shape index (κ3) is 5.04. The van der Waals surface area contributed by atoms with Gasteiger partial charge in [-0.2, -0.15) is 13.2 Å². The monoisotopic (exact) mass is 323 g/mol. The Labute approximate surface area is 121 Å². The van der Waals surface area contributed by atoms with Crippen molar-refractivity contribution in [3.63, 3.8) is 0 Å². The van der Waals surface area contributed by atoms with Crippen molar-refractivity contribution in [1.82, 2.24) is 4.72 Å². The fourth-order valence-electron chi connectivity index (χ4n) is 1.61. The van der Waals surface area contributed by atoms with E-state index in [1.165, 1.54) is 38.1 Å². The lowest BCUT2D eigenvalue weighted by Crippen LogP contribution is -2.38. The number of carbonyl (C=O) groups excluding carboxylic acids is 1. The summed E-state index contributed by atoms with van der Waals surface area (Å²) in [5.74, 6) is -3.21. The lowest BCUT2D eigenvalue weighted by atomic mass is 9.95. The molecule has 0 heterocycles. The van der Waals surface area contributed by atoms with Crippen LogP contribution in [-0.4, -0.2) is 25.8 Å². The molecule has 8 heteroatoms. The van der Waals surface area contributed by atoms with Crippen LogP contribution in [0.2, 0.25) is 0 Å². The van der Waals surface area contributed by atoms with Gasteiger partial charge in [-0.25, -0.2) is 8.42 Å². The van der Waals surface area contributed by atoms with Crippen LogP contribution >= 0.6 is 0 Å². The molecule has 1 atom stereocenters. The summed E-state index contributed by atoms with van der Waals surface area (Å²) in [4.78, 5) is 11.6. The van der Waals surface area contributed by atoms with E-state index in [0.29, 0.717) is 0 Å². The minimum atomic E-state index is -4.64. The lowest BCUT2D eigenvalue weighted by Gasteiger charge is -2.20. The summed E-state index contributed by atoms with van der Waals surface area (Å²) in [5.41, 5.74) is -0.0814. The Hall–Kier alpha value is -1.57. The van der Waals surface area contributed by atoms with Crippen molar-refractivity contribution < 1.29 is 26.4 Å². The number of hydrogen-bond acceptors (Lipinski definition) is 3. The minimum Gasteiger partial charge on any atom is -0.274 e. The highest BCUT2D eigenvalue weighted by molar-refractivity contribution is 7.90. The molecule has 1 rings (SSSR count). The Morgan fingerprint density at radius 3 is 2.14 bits per heavy atom. The number of sulfonamides is 1. The van der Waals surface area contributed by atoms with E-state index in [1.807, 2.05) is 0 Å². The van der Waals surface area contributed by atoms with E-state index in [-0.39, 0.29) is 5.56 Å². The van der Waals surface area contributed by atoms with E-state index < -0.39 is 39.7 Å². The first-order chi connectivity index (χ1) is 9.54. The van der Waals surface area contributed by atoms with E-state index in [2.05, 4.69) is 0 Å². The maximum absolute atomic E-state index is 13.0. The number of alkyl halides is 3. The van der Waals surface area contributed by atoms with Gasteiger partial charge in [0, 0.05) is 6.42 Å². The Kier molecular flexibility index (Phi) is 5.38. The summed E-state index contributed by atoms with van der Waals surface area (Å²) in [6, 6.07) is 6.92. The molecule has 1 unspecified atom stereocenters. The quantitative estimate of drug-likeness (QED) is 0.906. The Morgan fingerprint density at radius 2 is 1.71 bits per heavy atom. The number of carbonyl (C=O) groups is 1. The third-order valence-corrected chi connectivity index (χ3v) is 4.62. The second-order valence-electron chi connectivity index (χ2n) is 4.83. The summed E-state index contributed by atoms with van der Waals surface area (Å²) < 4.78 is 63.7. The number of benzene rings is 1. The molecule has 1 aromatic carbocycles. The van der Waals surface area contributed by atoms with Gasteiger partial charge in [-0.1, -0.05) is 30.3 Å². The second-order valence-corrected chi connectivity index (χ2v) is 7.06. The Bertz CT molecular complexity index is 582. The van der Waals surface area contributed by atoms with Crippen LogP contribution in [0.25, 0.3) is 0 Å². The molecule has 0 aliphatic heterocycles. The van der Waals surface area contributed by atoms with Gasteiger partial charge in [0.25, 0.3) is 0 Å². The van der Waals surface area contributed by atoms with Crippen molar-refractivity contribution in [2.75, 3.05) is 0 Å². The van der Waals surface area contributed by atoms with E-state index in [9.17, 15) is 26.4 Å². The summed E-state index contributed by atoms with van der Waals surface area (Å²) in [7, 11) is -3.94. The zero-order chi connectivity index (χ0) is 16.3. The molecule has 0 aliphatic rings. The lowest BCUT2D eigenvalue weighted by molar-refractivity contribution is -0.156. The normalized spacial score (nSPS) is 14.0. The van der Waals surface area contributed by atoms with Crippen LogP contribution in [0.3, 0.4) is 0 Å². The predicted molar refractivity (Wildman–Crippen MR) is 72.1 cm³/mol. The van der Waals surface area contributed by atoms with Crippen LogP contribution in [0.15, 0.2) is 30.3 Å². The van der Waals surface area contributed by atoms with Crippen LogP contribution in [0.4, 0.5) is 13.2 Å². The minimum absolute atomic E-state index is 0.0814. The van der Waals surface area contributed by atoms with Gasteiger partial charge in [-0.3, -0.25) is 9.52 Å². The van der Waals surface area contributed by atoms with E-state index in [1.54, 1.807) is 10.8 Å². The van der Waals surface area contributed by atoms with Crippen molar-refractivity contribution in [3.05, 3.63) is 35.9 Å². The molecular formula is C13H16F3NO3S. The summed E-state index contributed by atoms with van der Waals surface area (Å²) in [5, 5.41) is -0.900. The standard InChI is InChI=1S/C13H16F3NO3S/c1-9(2)21(19,20)17-12(18)8-11(13(14,15)16)10-6-4-3-5-7-10/h3-7,9,11H,8H2,1-2H3,(H,17,18). The molecule has 4 nitrogen and oxygen atoms in total. The van der Waals surface area contributed by atoms with Gasteiger partial charge >= 0.3 is 6.18 Å². The van der Waals surface area contributed by atoms with Gasteiger partial charge in [0.2, 0.25) is 15.9 Å². The topological polar surface area (TPSA) is 63.2 Å². The fourth-order valence-corrected chi connectivity index (χ4v) is 2.25. The van der Waals surface area contributed by atoms with Gasteiger partial charge < -0.3 is 0 Å². The number of rotatable bonds is 5. The van der Waals surface area contributed by atoms with Crippen molar-refractivity contribution in [1.29, 1.82) is 0 Å². The van der Waals surface area contributed by atoms with Gasteiger partial charge in [-0.05, 0) is 19.4 Å². The first-order valence-electron chi connectivity index (χ1n) is 6.20. The van der Waals surface area contributed by atoms with E-state index >= 15 is 0 Å². The molecular weight excluding hydrogens is 307 g/mol. The zero-order valence-corrected chi connectivity index (χ0v) is 12.3. The molecule has 0 bridgehead atoms. The molecule has 1 N–H and O–H groups in total. The second kappa shape index (κ2) is 6.46. The van der Waals surface area contributed by atoms with Crippen LogP contribution in [0.1, 0.15) is 31.7 Å². The van der Waals surface area contributed by atoms with Crippen LogP contribution < -0.4 is 4.72 Å².